The van der Waals surface area contributed by atoms with Crippen molar-refractivity contribution in [3.63, 3.8) is 0 Å². The molecule has 3 rings (SSSR count). The Balaban J connectivity index is 1.72. The summed E-state index contributed by atoms with van der Waals surface area (Å²) in [4.78, 5) is 2.36. The van der Waals surface area contributed by atoms with E-state index in [4.69, 9.17) is 17.3 Å². The van der Waals surface area contributed by atoms with Crippen molar-refractivity contribution in [2.24, 2.45) is 5.73 Å². The predicted molar refractivity (Wildman–Crippen MR) is 88.5 cm³/mol. The Hall–Kier alpha value is -1.42. The molecule has 2 N–H and O–H groups in total. The minimum atomic E-state index is -0.195. The fourth-order valence-electron chi connectivity index (χ4n) is 3.23. The van der Waals surface area contributed by atoms with Crippen molar-refractivity contribution in [3.05, 3.63) is 70.5 Å². The molecule has 0 spiro atoms. The molecule has 4 heteroatoms. The molecule has 1 heterocycles. The van der Waals surface area contributed by atoms with Gasteiger partial charge in [-0.25, -0.2) is 4.39 Å². The monoisotopic (exact) mass is 318 g/mol. The molecule has 0 aliphatic carbocycles. The van der Waals surface area contributed by atoms with Gasteiger partial charge in [0.1, 0.15) is 5.82 Å². The largest absolute Gasteiger partial charge is 0.327 e. The second-order valence-electron chi connectivity index (χ2n) is 6.07. The molecule has 2 unspecified atom stereocenters. The van der Waals surface area contributed by atoms with Gasteiger partial charge in [0, 0.05) is 30.7 Å². The highest BCUT2D eigenvalue weighted by atomic mass is 35.5. The SMILES string of the molecule is NC1CC(c2ccc(F)cc2)CN(Cc2cccc(Cl)c2)C1. The van der Waals surface area contributed by atoms with Crippen LogP contribution in [0.5, 0.6) is 0 Å². The molecule has 22 heavy (non-hydrogen) atoms. The number of piperidine rings is 1. The van der Waals surface area contributed by atoms with E-state index in [0.29, 0.717) is 5.92 Å². The van der Waals surface area contributed by atoms with E-state index in [0.717, 1.165) is 36.6 Å². The third-order valence-electron chi connectivity index (χ3n) is 4.20. The first-order valence-electron chi connectivity index (χ1n) is 7.58. The van der Waals surface area contributed by atoms with Gasteiger partial charge in [-0.3, -0.25) is 4.90 Å². The Bertz CT molecular complexity index is 629. The van der Waals surface area contributed by atoms with Crippen LogP contribution >= 0.6 is 11.6 Å². The van der Waals surface area contributed by atoms with Gasteiger partial charge in [0.2, 0.25) is 0 Å². The van der Waals surface area contributed by atoms with Crippen molar-refractivity contribution in [1.82, 2.24) is 4.90 Å². The fourth-order valence-corrected chi connectivity index (χ4v) is 3.44. The Labute approximate surface area is 135 Å². The van der Waals surface area contributed by atoms with Crippen LogP contribution in [-0.4, -0.2) is 24.0 Å². The number of halogens is 2. The highest BCUT2D eigenvalue weighted by Gasteiger charge is 2.26. The topological polar surface area (TPSA) is 29.3 Å². The Kier molecular flexibility index (Phi) is 4.77. The zero-order chi connectivity index (χ0) is 15.5. The molecule has 1 aliphatic rings. The molecule has 0 radical (unpaired) electrons. The number of benzene rings is 2. The van der Waals surface area contributed by atoms with E-state index >= 15 is 0 Å². The minimum absolute atomic E-state index is 0.142. The van der Waals surface area contributed by atoms with E-state index in [9.17, 15) is 4.39 Å². The van der Waals surface area contributed by atoms with Crippen LogP contribution in [0.1, 0.15) is 23.5 Å². The van der Waals surface area contributed by atoms with Crippen LogP contribution in [0.3, 0.4) is 0 Å². The fraction of sp³-hybridized carbons (Fsp3) is 0.333. The van der Waals surface area contributed by atoms with Gasteiger partial charge in [0.05, 0.1) is 0 Å². The lowest BCUT2D eigenvalue weighted by Gasteiger charge is -2.36. The summed E-state index contributed by atoms with van der Waals surface area (Å²) in [6, 6.07) is 14.9. The van der Waals surface area contributed by atoms with E-state index in [1.165, 1.54) is 17.7 Å². The Morgan fingerprint density at radius 3 is 2.64 bits per heavy atom. The van der Waals surface area contributed by atoms with Crippen molar-refractivity contribution >= 4 is 11.6 Å². The molecular formula is C18H20ClFN2. The van der Waals surface area contributed by atoms with Gasteiger partial charge in [-0.15, -0.1) is 0 Å². The van der Waals surface area contributed by atoms with Crippen molar-refractivity contribution in [2.75, 3.05) is 13.1 Å². The molecular weight excluding hydrogens is 299 g/mol. The summed E-state index contributed by atoms with van der Waals surface area (Å²) in [6.07, 6.45) is 0.942. The van der Waals surface area contributed by atoms with Crippen LogP contribution in [0.2, 0.25) is 5.02 Å². The molecule has 2 aromatic rings. The third-order valence-corrected chi connectivity index (χ3v) is 4.43. The lowest BCUT2D eigenvalue weighted by Crippen LogP contribution is -2.45. The molecule has 0 saturated carbocycles. The number of hydrogen-bond donors (Lipinski definition) is 1. The Morgan fingerprint density at radius 2 is 1.91 bits per heavy atom. The Morgan fingerprint density at radius 1 is 1.14 bits per heavy atom. The highest BCUT2D eigenvalue weighted by molar-refractivity contribution is 6.30. The predicted octanol–water partition coefficient (Wildman–Crippen LogP) is 3.80. The van der Waals surface area contributed by atoms with Crippen LogP contribution in [0.15, 0.2) is 48.5 Å². The first-order valence-corrected chi connectivity index (χ1v) is 7.96. The normalized spacial score (nSPS) is 22.7. The standard InChI is InChI=1S/C18H20ClFN2/c19-16-3-1-2-13(8-16)10-22-11-15(9-18(21)12-22)14-4-6-17(20)7-5-14/h1-8,15,18H,9-12,21H2. The molecule has 2 nitrogen and oxygen atoms in total. The second kappa shape index (κ2) is 6.78. The molecule has 0 bridgehead atoms. The van der Waals surface area contributed by atoms with E-state index < -0.39 is 0 Å². The summed E-state index contributed by atoms with van der Waals surface area (Å²) < 4.78 is 13.1. The van der Waals surface area contributed by atoms with Crippen molar-refractivity contribution in [2.45, 2.75) is 24.9 Å². The molecule has 1 fully saturated rings. The van der Waals surface area contributed by atoms with Gasteiger partial charge in [-0.1, -0.05) is 35.9 Å². The number of nitrogens with zero attached hydrogens (tertiary/aromatic N) is 1. The molecule has 0 amide bonds. The smallest absolute Gasteiger partial charge is 0.123 e. The van der Waals surface area contributed by atoms with Crippen LogP contribution < -0.4 is 5.73 Å². The first kappa shape index (κ1) is 15.5. The lowest BCUT2D eigenvalue weighted by molar-refractivity contribution is 0.181. The maximum absolute atomic E-state index is 13.1. The third kappa shape index (κ3) is 3.86. The summed E-state index contributed by atoms with van der Waals surface area (Å²) in [7, 11) is 0. The van der Waals surface area contributed by atoms with Crippen LogP contribution in [0.4, 0.5) is 4.39 Å². The van der Waals surface area contributed by atoms with Gasteiger partial charge in [-0.2, -0.15) is 0 Å². The number of likely N-dealkylation sites (tertiary alicyclic amines) is 1. The maximum Gasteiger partial charge on any atom is 0.123 e. The molecule has 2 aromatic carbocycles. The lowest BCUT2D eigenvalue weighted by atomic mass is 9.88. The number of rotatable bonds is 3. The highest BCUT2D eigenvalue weighted by Crippen LogP contribution is 2.27. The second-order valence-corrected chi connectivity index (χ2v) is 6.50. The van der Waals surface area contributed by atoms with Gasteiger partial charge < -0.3 is 5.73 Å². The van der Waals surface area contributed by atoms with Crippen molar-refractivity contribution in [3.8, 4) is 0 Å². The summed E-state index contributed by atoms with van der Waals surface area (Å²) in [5.74, 6) is 0.156. The zero-order valence-corrected chi connectivity index (χ0v) is 13.1. The van der Waals surface area contributed by atoms with Crippen molar-refractivity contribution in [1.29, 1.82) is 0 Å². The minimum Gasteiger partial charge on any atom is -0.327 e. The maximum atomic E-state index is 13.1. The number of hydrogen-bond acceptors (Lipinski definition) is 2. The van der Waals surface area contributed by atoms with Gasteiger partial charge in [-0.05, 0) is 47.7 Å². The van der Waals surface area contributed by atoms with E-state index in [-0.39, 0.29) is 11.9 Å². The quantitative estimate of drug-likeness (QED) is 0.932. The first-order chi connectivity index (χ1) is 10.6. The molecule has 0 aromatic heterocycles. The van der Waals surface area contributed by atoms with Gasteiger partial charge in [0.25, 0.3) is 0 Å². The summed E-state index contributed by atoms with van der Waals surface area (Å²) in [5, 5.41) is 0.758. The van der Waals surface area contributed by atoms with Crippen LogP contribution in [-0.2, 0) is 6.54 Å². The average molecular weight is 319 g/mol. The summed E-state index contributed by atoms with van der Waals surface area (Å²) in [5.41, 5.74) is 8.58. The molecule has 2 atom stereocenters. The van der Waals surface area contributed by atoms with Gasteiger partial charge >= 0.3 is 0 Å². The molecule has 1 aliphatic heterocycles. The summed E-state index contributed by atoms with van der Waals surface area (Å²) >= 11 is 6.05. The number of nitrogens with two attached hydrogens (primary N) is 1. The van der Waals surface area contributed by atoms with E-state index in [2.05, 4.69) is 11.0 Å². The van der Waals surface area contributed by atoms with Gasteiger partial charge in [0.15, 0.2) is 0 Å². The molecule has 116 valence electrons. The van der Waals surface area contributed by atoms with E-state index in [1.807, 2.05) is 30.3 Å². The van der Waals surface area contributed by atoms with E-state index in [1.54, 1.807) is 0 Å². The molecule has 1 saturated heterocycles. The van der Waals surface area contributed by atoms with Crippen molar-refractivity contribution < 1.29 is 4.39 Å². The van der Waals surface area contributed by atoms with Crippen LogP contribution in [0, 0.1) is 5.82 Å². The van der Waals surface area contributed by atoms with Crippen LogP contribution in [0.25, 0.3) is 0 Å². The zero-order valence-electron chi connectivity index (χ0n) is 12.4. The summed E-state index contributed by atoms with van der Waals surface area (Å²) in [6.45, 7) is 2.65. The average Bonchev–Trinajstić information content (AvgIpc) is 2.47.